The van der Waals surface area contributed by atoms with Crippen LogP contribution in [0.1, 0.15) is 21.7 Å². The molecule has 1 aromatic carbocycles. The number of ether oxygens (including phenoxy) is 2. The number of benzene rings is 1. The minimum Gasteiger partial charge on any atom is -0.497 e. The molecule has 0 aliphatic rings. The maximum absolute atomic E-state index is 12.8. The summed E-state index contributed by atoms with van der Waals surface area (Å²) in [6.07, 6.45) is -4.56. The van der Waals surface area contributed by atoms with E-state index in [1.807, 2.05) is 0 Å². The first-order valence-electron chi connectivity index (χ1n) is 6.18. The predicted octanol–water partition coefficient (Wildman–Crippen LogP) is 2.99. The highest BCUT2D eigenvalue weighted by Crippen LogP contribution is 2.30. The van der Waals surface area contributed by atoms with Crippen molar-refractivity contribution in [3.8, 4) is 11.4 Å². The van der Waals surface area contributed by atoms with Crippen molar-refractivity contribution in [3.63, 3.8) is 0 Å². The Morgan fingerprint density at radius 1 is 1.23 bits per heavy atom. The first-order chi connectivity index (χ1) is 10.3. The smallest absolute Gasteiger partial charge is 0.435 e. The minimum absolute atomic E-state index is 0.0572. The summed E-state index contributed by atoms with van der Waals surface area (Å²) in [5.41, 5.74) is -0.554. The van der Waals surface area contributed by atoms with Crippen molar-refractivity contribution >= 4 is 5.97 Å². The largest absolute Gasteiger partial charge is 0.497 e. The predicted molar refractivity (Wildman–Crippen MR) is 71.2 cm³/mol. The molecule has 1 heterocycles. The van der Waals surface area contributed by atoms with Gasteiger partial charge in [-0.3, -0.25) is 0 Å². The molecule has 0 saturated carbocycles. The Bertz CT molecular complexity index is 708. The lowest BCUT2D eigenvalue weighted by Gasteiger charge is -2.11. The van der Waals surface area contributed by atoms with Crippen LogP contribution in [0.3, 0.4) is 0 Å². The fourth-order valence-corrected chi connectivity index (χ4v) is 1.96. The lowest BCUT2D eigenvalue weighted by atomic mass is 10.1. The van der Waals surface area contributed by atoms with Crippen molar-refractivity contribution in [2.75, 3.05) is 14.2 Å². The summed E-state index contributed by atoms with van der Waals surface area (Å²) in [7, 11) is 2.60. The molecule has 22 heavy (non-hydrogen) atoms. The Morgan fingerprint density at radius 3 is 2.41 bits per heavy atom. The molecule has 5 nitrogen and oxygen atoms in total. The van der Waals surface area contributed by atoms with Gasteiger partial charge < -0.3 is 9.47 Å². The lowest BCUT2D eigenvalue weighted by molar-refractivity contribution is -0.141. The third-order valence-electron chi connectivity index (χ3n) is 3.02. The topological polar surface area (TPSA) is 53.4 Å². The van der Waals surface area contributed by atoms with Gasteiger partial charge in [0.1, 0.15) is 5.75 Å². The Hall–Kier alpha value is -2.51. The third kappa shape index (κ3) is 2.90. The van der Waals surface area contributed by atoms with Gasteiger partial charge in [-0.15, -0.1) is 0 Å². The van der Waals surface area contributed by atoms with Crippen molar-refractivity contribution in [1.29, 1.82) is 0 Å². The highest BCUT2D eigenvalue weighted by atomic mass is 19.4. The average Bonchev–Trinajstić information content (AvgIpc) is 2.87. The SMILES string of the molecule is COC(=O)c1cc(OC)ccc1-n1nc(C(F)(F)F)cc1C. The molecular weight excluding hydrogens is 301 g/mol. The number of carbonyl (C=O) groups is 1. The summed E-state index contributed by atoms with van der Waals surface area (Å²) >= 11 is 0. The van der Waals surface area contributed by atoms with Crippen LogP contribution in [0.2, 0.25) is 0 Å². The van der Waals surface area contributed by atoms with E-state index >= 15 is 0 Å². The number of carbonyl (C=O) groups excluding carboxylic acids is 1. The van der Waals surface area contributed by atoms with Gasteiger partial charge in [-0.2, -0.15) is 18.3 Å². The molecule has 0 unspecified atom stereocenters. The standard InChI is InChI=1S/C14H13F3N2O3/c1-8-6-12(14(15,16)17)18-19(8)11-5-4-9(21-2)7-10(11)13(20)22-3/h4-7H,1-3H3. The van der Waals surface area contributed by atoms with Crippen LogP contribution in [-0.4, -0.2) is 30.0 Å². The summed E-state index contributed by atoms with van der Waals surface area (Å²) in [6.45, 7) is 1.47. The van der Waals surface area contributed by atoms with Crippen LogP contribution < -0.4 is 4.74 Å². The molecule has 0 bridgehead atoms. The minimum atomic E-state index is -4.56. The molecule has 0 radical (unpaired) electrons. The van der Waals surface area contributed by atoms with Crippen LogP contribution >= 0.6 is 0 Å². The molecule has 8 heteroatoms. The molecule has 0 amide bonds. The second kappa shape index (κ2) is 5.70. The van der Waals surface area contributed by atoms with Crippen molar-refractivity contribution in [2.24, 2.45) is 0 Å². The van der Waals surface area contributed by atoms with Crippen LogP contribution in [0, 0.1) is 6.92 Å². The number of aromatic nitrogens is 2. The summed E-state index contributed by atoms with van der Waals surface area (Å²) in [5.74, 6) is -0.317. The van der Waals surface area contributed by atoms with E-state index in [0.717, 1.165) is 10.7 Å². The number of halogens is 3. The van der Waals surface area contributed by atoms with Crippen LogP contribution in [0.25, 0.3) is 5.69 Å². The number of hydrogen-bond acceptors (Lipinski definition) is 4. The highest BCUT2D eigenvalue weighted by molar-refractivity contribution is 5.94. The van der Waals surface area contributed by atoms with Crippen molar-refractivity contribution in [3.05, 3.63) is 41.2 Å². The molecule has 2 aromatic rings. The van der Waals surface area contributed by atoms with E-state index in [1.165, 1.54) is 39.3 Å². The summed E-state index contributed by atoms with van der Waals surface area (Å²) in [4.78, 5) is 11.8. The molecule has 0 aliphatic heterocycles. The molecule has 118 valence electrons. The normalized spacial score (nSPS) is 11.4. The van der Waals surface area contributed by atoms with Crippen molar-refractivity contribution < 1.29 is 27.4 Å². The van der Waals surface area contributed by atoms with E-state index in [2.05, 4.69) is 9.84 Å². The quantitative estimate of drug-likeness (QED) is 0.817. The zero-order valence-corrected chi connectivity index (χ0v) is 12.1. The van der Waals surface area contributed by atoms with Gasteiger partial charge in [0.2, 0.25) is 0 Å². The fourth-order valence-electron chi connectivity index (χ4n) is 1.96. The van der Waals surface area contributed by atoms with Crippen LogP contribution in [0.15, 0.2) is 24.3 Å². The van der Waals surface area contributed by atoms with Crippen LogP contribution in [0.4, 0.5) is 13.2 Å². The molecule has 0 aliphatic carbocycles. The number of methoxy groups -OCH3 is 2. The van der Waals surface area contributed by atoms with E-state index in [9.17, 15) is 18.0 Å². The summed E-state index contributed by atoms with van der Waals surface area (Å²) in [5, 5.41) is 3.53. The molecular formula is C14H13F3N2O3. The second-order valence-corrected chi connectivity index (χ2v) is 4.46. The fraction of sp³-hybridized carbons (Fsp3) is 0.286. The van der Waals surface area contributed by atoms with Gasteiger partial charge in [0.05, 0.1) is 25.5 Å². The molecule has 0 spiro atoms. The Labute approximate surface area is 124 Å². The molecule has 0 fully saturated rings. The van der Waals surface area contributed by atoms with E-state index in [4.69, 9.17) is 4.74 Å². The number of alkyl halides is 3. The molecule has 0 atom stereocenters. The van der Waals surface area contributed by atoms with Gasteiger partial charge in [-0.05, 0) is 31.2 Å². The lowest BCUT2D eigenvalue weighted by Crippen LogP contribution is -2.11. The van der Waals surface area contributed by atoms with Crippen LogP contribution in [-0.2, 0) is 10.9 Å². The molecule has 0 N–H and O–H groups in total. The van der Waals surface area contributed by atoms with Gasteiger partial charge in [-0.1, -0.05) is 0 Å². The first-order valence-corrected chi connectivity index (χ1v) is 6.18. The Kier molecular flexibility index (Phi) is 4.11. The van der Waals surface area contributed by atoms with Crippen LogP contribution in [0.5, 0.6) is 5.75 Å². The second-order valence-electron chi connectivity index (χ2n) is 4.46. The van der Waals surface area contributed by atoms with Crippen molar-refractivity contribution in [2.45, 2.75) is 13.1 Å². The third-order valence-corrected chi connectivity index (χ3v) is 3.02. The highest BCUT2D eigenvalue weighted by Gasteiger charge is 2.35. The zero-order valence-electron chi connectivity index (χ0n) is 12.1. The van der Waals surface area contributed by atoms with E-state index in [0.29, 0.717) is 5.75 Å². The maximum Gasteiger partial charge on any atom is 0.435 e. The van der Waals surface area contributed by atoms with Gasteiger partial charge in [0.15, 0.2) is 5.69 Å². The molecule has 0 saturated heterocycles. The summed E-state index contributed by atoms with van der Waals surface area (Å²) in [6, 6.07) is 5.27. The number of nitrogens with zero attached hydrogens (tertiary/aromatic N) is 2. The van der Waals surface area contributed by atoms with E-state index < -0.39 is 17.8 Å². The monoisotopic (exact) mass is 314 g/mol. The molecule has 1 aromatic heterocycles. The Balaban J connectivity index is 2.62. The number of esters is 1. The number of aryl methyl sites for hydroxylation is 1. The van der Waals surface area contributed by atoms with Gasteiger partial charge >= 0.3 is 12.1 Å². The van der Waals surface area contributed by atoms with Gasteiger partial charge in [0.25, 0.3) is 0 Å². The number of rotatable bonds is 3. The van der Waals surface area contributed by atoms with Crippen molar-refractivity contribution in [1.82, 2.24) is 9.78 Å². The average molecular weight is 314 g/mol. The first kappa shape index (κ1) is 15.9. The Morgan fingerprint density at radius 2 is 1.91 bits per heavy atom. The summed E-state index contributed by atoms with van der Waals surface area (Å²) < 4.78 is 49.0. The maximum atomic E-state index is 12.8. The molecule has 2 rings (SSSR count). The van der Waals surface area contributed by atoms with E-state index in [1.54, 1.807) is 0 Å². The van der Waals surface area contributed by atoms with Gasteiger partial charge in [0, 0.05) is 5.69 Å². The van der Waals surface area contributed by atoms with Gasteiger partial charge in [-0.25, -0.2) is 9.48 Å². The zero-order chi connectivity index (χ0) is 16.5. The number of hydrogen-bond donors (Lipinski definition) is 0. The van der Waals surface area contributed by atoms with E-state index in [-0.39, 0.29) is 16.9 Å².